The fourth-order valence-corrected chi connectivity index (χ4v) is 8.50. The quantitative estimate of drug-likeness (QED) is 0.173. The molecule has 0 aliphatic heterocycles. The lowest BCUT2D eigenvalue weighted by molar-refractivity contribution is 1.18. The Morgan fingerprint density at radius 3 is 1.12 bits per heavy atom. The molecule has 2 nitrogen and oxygen atoms in total. The molecule has 0 spiro atoms. The van der Waals surface area contributed by atoms with E-state index < -0.39 is 0 Å². The second-order valence-corrected chi connectivity index (χ2v) is 13.8. The van der Waals surface area contributed by atoms with Crippen LogP contribution in [0.2, 0.25) is 0 Å². The molecule has 2 heterocycles. The molecule has 0 unspecified atom stereocenters. The SMILES string of the molecule is Cc1cc(-c2cccc3c2c2ccccc2n3-c2ccccc2)ccc1-c1ccc(-c2cccc3c2c2ccccc2n3-c2ccccc2)cc1C. The van der Waals surface area contributed by atoms with Crippen molar-refractivity contribution in [3.05, 3.63) is 193 Å². The van der Waals surface area contributed by atoms with Crippen molar-refractivity contribution in [2.45, 2.75) is 13.8 Å². The summed E-state index contributed by atoms with van der Waals surface area (Å²) in [4.78, 5) is 0. The second kappa shape index (κ2) is 12.0. The van der Waals surface area contributed by atoms with Gasteiger partial charge in [-0.15, -0.1) is 0 Å². The van der Waals surface area contributed by atoms with E-state index in [9.17, 15) is 0 Å². The van der Waals surface area contributed by atoms with Gasteiger partial charge < -0.3 is 9.13 Å². The number of hydrogen-bond donors (Lipinski definition) is 0. The fourth-order valence-electron chi connectivity index (χ4n) is 8.50. The molecule has 0 fully saturated rings. The average molecular weight is 665 g/mol. The van der Waals surface area contributed by atoms with Gasteiger partial charge in [-0.05, 0) is 107 Å². The average Bonchev–Trinajstić information content (AvgIpc) is 3.72. The van der Waals surface area contributed by atoms with Crippen LogP contribution in [-0.2, 0) is 0 Å². The molecule has 8 aromatic carbocycles. The Morgan fingerprint density at radius 1 is 0.308 bits per heavy atom. The van der Waals surface area contributed by atoms with Gasteiger partial charge in [0.1, 0.15) is 0 Å². The Morgan fingerprint density at radius 2 is 0.692 bits per heavy atom. The first-order valence-electron chi connectivity index (χ1n) is 18.0. The van der Waals surface area contributed by atoms with Gasteiger partial charge in [-0.25, -0.2) is 0 Å². The summed E-state index contributed by atoms with van der Waals surface area (Å²) in [6.07, 6.45) is 0. The van der Waals surface area contributed by atoms with E-state index in [2.05, 4.69) is 205 Å². The topological polar surface area (TPSA) is 9.86 Å². The summed E-state index contributed by atoms with van der Waals surface area (Å²) in [6, 6.07) is 66.3. The van der Waals surface area contributed by atoms with Crippen molar-refractivity contribution < 1.29 is 0 Å². The Kier molecular flexibility index (Phi) is 6.97. The van der Waals surface area contributed by atoms with E-state index in [4.69, 9.17) is 0 Å². The molecule has 0 saturated carbocycles. The molecule has 0 bridgehead atoms. The molecule has 246 valence electrons. The van der Waals surface area contributed by atoms with Gasteiger partial charge >= 0.3 is 0 Å². The highest BCUT2D eigenvalue weighted by Gasteiger charge is 2.19. The van der Waals surface area contributed by atoms with Gasteiger partial charge in [-0.1, -0.05) is 133 Å². The largest absolute Gasteiger partial charge is 0.309 e. The molecule has 0 aliphatic carbocycles. The van der Waals surface area contributed by atoms with Crippen molar-refractivity contribution in [2.24, 2.45) is 0 Å². The first kappa shape index (κ1) is 30.2. The molecule has 0 atom stereocenters. The number of aromatic nitrogens is 2. The van der Waals surface area contributed by atoms with Gasteiger partial charge in [-0.2, -0.15) is 0 Å². The predicted molar refractivity (Wildman–Crippen MR) is 221 cm³/mol. The van der Waals surface area contributed by atoms with Crippen molar-refractivity contribution in [3.63, 3.8) is 0 Å². The molecule has 0 saturated heterocycles. The van der Waals surface area contributed by atoms with Crippen molar-refractivity contribution in [2.75, 3.05) is 0 Å². The normalized spacial score (nSPS) is 11.7. The smallest absolute Gasteiger partial charge is 0.0547 e. The molecule has 10 aromatic rings. The van der Waals surface area contributed by atoms with Gasteiger partial charge in [0.15, 0.2) is 0 Å². The molecule has 0 amide bonds. The van der Waals surface area contributed by atoms with E-state index >= 15 is 0 Å². The van der Waals surface area contributed by atoms with Crippen LogP contribution in [0.15, 0.2) is 182 Å². The van der Waals surface area contributed by atoms with Gasteiger partial charge in [0.25, 0.3) is 0 Å². The maximum atomic E-state index is 2.39. The Labute approximate surface area is 303 Å². The number of nitrogens with zero attached hydrogens (tertiary/aromatic N) is 2. The highest BCUT2D eigenvalue weighted by molar-refractivity contribution is 6.17. The Hall–Kier alpha value is -6.64. The van der Waals surface area contributed by atoms with Crippen LogP contribution in [0.25, 0.3) is 88.4 Å². The summed E-state index contributed by atoms with van der Waals surface area (Å²) in [5.74, 6) is 0. The molecule has 52 heavy (non-hydrogen) atoms. The maximum Gasteiger partial charge on any atom is 0.0547 e. The van der Waals surface area contributed by atoms with E-state index in [0.29, 0.717) is 0 Å². The van der Waals surface area contributed by atoms with Crippen LogP contribution in [0, 0.1) is 13.8 Å². The highest BCUT2D eigenvalue weighted by atomic mass is 15.0. The zero-order valence-electron chi connectivity index (χ0n) is 29.2. The summed E-state index contributed by atoms with van der Waals surface area (Å²) in [5, 5.41) is 5.12. The lowest BCUT2D eigenvalue weighted by atomic mass is 9.90. The van der Waals surface area contributed by atoms with Crippen LogP contribution in [0.3, 0.4) is 0 Å². The minimum atomic E-state index is 1.18. The van der Waals surface area contributed by atoms with Crippen LogP contribution in [0.1, 0.15) is 11.1 Å². The number of rotatable bonds is 5. The third kappa shape index (κ3) is 4.65. The van der Waals surface area contributed by atoms with Gasteiger partial charge in [0.05, 0.1) is 22.1 Å². The maximum absolute atomic E-state index is 2.39. The van der Waals surface area contributed by atoms with E-state index in [1.807, 2.05) is 0 Å². The summed E-state index contributed by atoms with van der Waals surface area (Å²) in [7, 11) is 0. The van der Waals surface area contributed by atoms with E-state index in [1.165, 1.54) is 99.5 Å². The molecule has 0 aliphatic rings. The number of aryl methyl sites for hydroxylation is 2. The number of benzene rings is 8. The van der Waals surface area contributed by atoms with Gasteiger partial charge in [-0.3, -0.25) is 0 Å². The van der Waals surface area contributed by atoms with Crippen LogP contribution in [-0.4, -0.2) is 9.13 Å². The second-order valence-electron chi connectivity index (χ2n) is 13.8. The number of hydrogen-bond acceptors (Lipinski definition) is 0. The minimum absolute atomic E-state index is 1.18. The molecule has 0 radical (unpaired) electrons. The summed E-state index contributed by atoms with van der Waals surface area (Å²) in [5.41, 5.74) is 17.3. The van der Waals surface area contributed by atoms with Crippen molar-refractivity contribution in [1.82, 2.24) is 9.13 Å². The van der Waals surface area contributed by atoms with E-state index in [0.717, 1.165) is 0 Å². The number of fused-ring (bicyclic) bond motifs is 6. The summed E-state index contributed by atoms with van der Waals surface area (Å²) >= 11 is 0. The number of para-hydroxylation sites is 4. The first-order valence-corrected chi connectivity index (χ1v) is 18.0. The standard InChI is InChI=1S/C50H36N2/c1-33-31-35(41-21-13-25-47-49(41)43-19-9-11-23-45(43)51(47)37-15-5-3-6-16-37)27-29-39(33)40-30-28-36(32-34(40)2)42-22-14-26-48-50(42)44-20-10-12-24-46(44)52(48)38-17-7-4-8-18-38/h3-32H,1-2H3. The van der Waals surface area contributed by atoms with E-state index in [1.54, 1.807) is 0 Å². The Balaban J connectivity index is 1.07. The summed E-state index contributed by atoms with van der Waals surface area (Å²) in [6.45, 7) is 4.50. The molecule has 0 N–H and O–H groups in total. The Bertz CT molecular complexity index is 2760. The lowest BCUT2D eigenvalue weighted by Gasteiger charge is -2.14. The third-order valence-corrected chi connectivity index (χ3v) is 10.8. The highest BCUT2D eigenvalue weighted by Crippen LogP contribution is 2.42. The lowest BCUT2D eigenvalue weighted by Crippen LogP contribution is -1.93. The van der Waals surface area contributed by atoms with E-state index in [-0.39, 0.29) is 0 Å². The molecule has 2 heteroatoms. The predicted octanol–water partition coefficient (Wildman–Crippen LogP) is 13.5. The van der Waals surface area contributed by atoms with Crippen molar-refractivity contribution in [3.8, 4) is 44.8 Å². The van der Waals surface area contributed by atoms with Crippen molar-refractivity contribution >= 4 is 43.6 Å². The monoisotopic (exact) mass is 664 g/mol. The zero-order chi connectivity index (χ0) is 34.8. The summed E-state index contributed by atoms with van der Waals surface area (Å²) < 4.78 is 4.78. The molecular formula is C50H36N2. The first-order chi connectivity index (χ1) is 25.7. The third-order valence-electron chi connectivity index (χ3n) is 10.8. The fraction of sp³-hybridized carbons (Fsp3) is 0.0400. The molecular weight excluding hydrogens is 629 g/mol. The minimum Gasteiger partial charge on any atom is -0.309 e. The van der Waals surface area contributed by atoms with Gasteiger partial charge in [0, 0.05) is 32.9 Å². The van der Waals surface area contributed by atoms with Crippen LogP contribution in [0.4, 0.5) is 0 Å². The zero-order valence-corrected chi connectivity index (χ0v) is 29.2. The van der Waals surface area contributed by atoms with Crippen LogP contribution in [0.5, 0.6) is 0 Å². The van der Waals surface area contributed by atoms with Crippen LogP contribution >= 0.6 is 0 Å². The van der Waals surface area contributed by atoms with Crippen LogP contribution < -0.4 is 0 Å². The molecule has 2 aromatic heterocycles. The molecule has 10 rings (SSSR count). The van der Waals surface area contributed by atoms with Crippen molar-refractivity contribution in [1.29, 1.82) is 0 Å². The van der Waals surface area contributed by atoms with Gasteiger partial charge in [0.2, 0.25) is 0 Å².